The van der Waals surface area contributed by atoms with Crippen molar-refractivity contribution in [3.05, 3.63) is 35.4 Å². The zero-order valence-corrected chi connectivity index (χ0v) is 10.5. The highest BCUT2D eigenvalue weighted by Crippen LogP contribution is 2.61. The van der Waals surface area contributed by atoms with Crippen LogP contribution in [0.25, 0.3) is 0 Å². The minimum absolute atomic E-state index is 0.648. The molecule has 0 saturated heterocycles. The summed E-state index contributed by atoms with van der Waals surface area (Å²) < 4.78 is 34.3. The first-order valence-electron chi connectivity index (χ1n) is 3.49. The molecule has 0 unspecified atom stereocenters. The molecule has 0 amide bonds. The van der Waals surface area contributed by atoms with E-state index in [-0.39, 0.29) is 0 Å². The fourth-order valence-electron chi connectivity index (χ4n) is 0.669. The molecule has 0 aliphatic rings. The number of carboxylic acid groups (broad SMARTS) is 1. The molecule has 0 bridgehead atoms. The van der Waals surface area contributed by atoms with Gasteiger partial charge in [-0.3, -0.25) is 4.57 Å². The van der Waals surface area contributed by atoms with Gasteiger partial charge >= 0.3 is 11.2 Å². The monoisotopic (exact) mass is 310 g/mol. The van der Waals surface area contributed by atoms with Crippen LogP contribution in [0, 0.1) is 11.6 Å². The summed E-state index contributed by atoms with van der Waals surface area (Å²) in [5.41, 5.74) is -0.648. The van der Waals surface area contributed by atoms with Crippen LogP contribution in [0.15, 0.2) is 18.2 Å². The van der Waals surface area contributed by atoms with Crippen molar-refractivity contribution in [2.45, 2.75) is 0 Å². The standard InChI is InChI=1S/C7H4F2O2.Cl3OP/c8-5-3-1-2-4(6(5)9)7(10)11;1-5(2,3)4/h1-3H,(H,10,11);. The van der Waals surface area contributed by atoms with Crippen molar-refractivity contribution in [3.8, 4) is 0 Å². The van der Waals surface area contributed by atoms with E-state index < -0.39 is 28.4 Å². The maximum Gasteiger partial charge on any atom is 0.339 e. The molecule has 90 valence electrons. The summed E-state index contributed by atoms with van der Waals surface area (Å²) in [7, 11) is 0. The highest BCUT2D eigenvalue weighted by atomic mass is 36.0. The molecule has 0 aliphatic carbocycles. The Morgan fingerprint density at radius 2 is 1.69 bits per heavy atom. The van der Waals surface area contributed by atoms with Crippen LogP contribution >= 0.6 is 38.9 Å². The Bertz CT molecular complexity index is 427. The fraction of sp³-hybridized carbons (Fsp3) is 0. The van der Waals surface area contributed by atoms with Crippen molar-refractivity contribution in [2.75, 3.05) is 0 Å². The van der Waals surface area contributed by atoms with E-state index in [2.05, 4.69) is 33.7 Å². The summed E-state index contributed by atoms with van der Waals surface area (Å²) in [5.74, 6) is -3.94. The number of hydrogen-bond donors (Lipinski definition) is 1. The van der Waals surface area contributed by atoms with E-state index in [1.807, 2.05) is 0 Å². The predicted molar refractivity (Wildman–Crippen MR) is 58.5 cm³/mol. The van der Waals surface area contributed by atoms with Crippen molar-refractivity contribution in [2.24, 2.45) is 0 Å². The molecule has 0 spiro atoms. The Labute approximate surface area is 104 Å². The number of aromatic carboxylic acids is 1. The van der Waals surface area contributed by atoms with Gasteiger partial charge in [-0.25, -0.2) is 13.6 Å². The Hall–Kier alpha value is -0.350. The van der Waals surface area contributed by atoms with Crippen LogP contribution in [0.4, 0.5) is 8.78 Å². The minimum atomic E-state index is -3.22. The average Bonchev–Trinajstić information content (AvgIpc) is 2.06. The molecule has 0 aromatic heterocycles. The smallest absolute Gasteiger partial charge is 0.339 e. The van der Waals surface area contributed by atoms with Crippen molar-refractivity contribution in [1.29, 1.82) is 0 Å². The number of benzene rings is 1. The molecule has 0 aliphatic heterocycles. The van der Waals surface area contributed by atoms with Gasteiger partial charge in [0.15, 0.2) is 11.6 Å². The molecule has 16 heavy (non-hydrogen) atoms. The third-order valence-corrected chi connectivity index (χ3v) is 1.18. The van der Waals surface area contributed by atoms with Gasteiger partial charge in [0.25, 0.3) is 0 Å². The number of hydrogen-bond acceptors (Lipinski definition) is 2. The predicted octanol–water partition coefficient (Wildman–Crippen LogP) is 4.47. The third kappa shape index (κ3) is 7.01. The summed E-state index contributed by atoms with van der Waals surface area (Å²) >= 11 is 13.8. The van der Waals surface area contributed by atoms with Crippen LogP contribution in [0.1, 0.15) is 10.4 Å². The first kappa shape index (κ1) is 15.7. The van der Waals surface area contributed by atoms with Gasteiger partial charge < -0.3 is 5.11 Å². The molecule has 1 aromatic rings. The van der Waals surface area contributed by atoms with Gasteiger partial charge in [-0.05, 0) is 45.9 Å². The Morgan fingerprint density at radius 1 is 1.25 bits per heavy atom. The van der Waals surface area contributed by atoms with E-state index in [1.165, 1.54) is 0 Å². The lowest BCUT2D eigenvalue weighted by molar-refractivity contribution is 0.0690. The summed E-state index contributed by atoms with van der Waals surface area (Å²) in [4.78, 5) is 10.2. The number of halogens is 5. The largest absolute Gasteiger partial charge is 0.478 e. The van der Waals surface area contributed by atoms with Crippen molar-refractivity contribution in [3.63, 3.8) is 0 Å². The zero-order valence-electron chi connectivity index (χ0n) is 7.33. The van der Waals surface area contributed by atoms with E-state index >= 15 is 0 Å². The summed E-state index contributed by atoms with van der Waals surface area (Å²) in [6.45, 7) is 0. The van der Waals surface area contributed by atoms with Crippen LogP contribution in [-0.4, -0.2) is 11.1 Å². The molecule has 1 N–H and O–H groups in total. The summed E-state index contributed by atoms with van der Waals surface area (Å²) in [5, 5.41) is 5.06. The van der Waals surface area contributed by atoms with Crippen molar-refractivity contribution >= 4 is 44.9 Å². The van der Waals surface area contributed by atoms with Crippen LogP contribution in [-0.2, 0) is 4.57 Å². The van der Waals surface area contributed by atoms with Gasteiger partial charge in [0, 0.05) is 0 Å². The molecular formula is C7H4Cl3F2O3P. The molecule has 0 saturated carbocycles. The Kier molecular flexibility index (Phi) is 6.26. The van der Waals surface area contributed by atoms with Gasteiger partial charge in [-0.1, -0.05) is 6.07 Å². The quantitative estimate of drug-likeness (QED) is 0.778. The molecular weight excluding hydrogens is 307 g/mol. The van der Waals surface area contributed by atoms with E-state index in [4.69, 9.17) is 5.11 Å². The molecule has 3 nitrogen and oxygen atoms in total. The van der Waals surface area contributed by atoms with Gasteiger partial charge in [0.2, 0.25) is 0 Å². The molecule has 1 aromatic carbocycles. The van der Waals surface area contributed by atoms with E-state index in [0.29, 0.717) is 0 Å². The third-order valence-electron chi connectivity index (χ3n) is 1.18. The molecule has 0 heterocycles. The molecule has 0 radical (unpaired) electrons. The Balaban J connectivity index is 0.000000385. The molecule has 1 rings (SSSR count). The Morgan fingerprint density at radius 3 is 2.00 bits per heavy atom. The number of carboxylic acids is 1. The van der Waals surface area contributed by atoms with Crippen LogP contribution < -0.4 is 0 Å². The fourth-order valence-corrected chi connectivity index (χ4v) is 0.669. The second-order valence-corrected chi connectivity index (χ2v) is 8.94. The lowest BCUT2D eigenvalue weighted by atomic mass is 10.2. The van der Waals surface area contributed by atoms with Crippen molar-refractivity contribution in [1.82, 2.24) is 0 Å². The van der Waals surface area contributed by atoms with Crippen LogP contribution in [0.2, 0.25) is 0 Å². The minimum Gasteiger partial charge on any atom is -0.478 e. The number of rotatable bonds is 1. The topological polar surface area (TPSA) is 54.4 Å². The number of carbonyl (C=O) groups is 1. The van der Waals surface area contributed by atoms with E-state index in [1.54, 1.807) is 0 Å². The zero-order chi connectivity index (χ0) is 12.9. The van der Waals surface area contributed by atoms with Crippen molar-refractivity contribution < 1.29 is 23.2 Å². The lowest BCUT2D eigenvalue weighted by Gasteiger charge is -1.95. The first-order valence-corrected chi connectivity index (χ1v) is 7.91. The van der Waals surface area contributed by atoms with E-state index in [0.717, 1.165) is 18.2 Å². The summed E-state index contributed by atoms with van der Waals surface area (Å²) in [6.07, 6.45) is 0. The first-order chi connectivity index (χ1) is 7.13. The SMILES string of the molecule is O=C(O)c1cccc(F)c1F.O=P(Cl)(Cl)Cl. The van der Waals surface area contributed by atoms with Gasteiger partial charge in [0.05, 0.1) is 5.56 Å². The highest BCUT2D eigenvalue weighted by molar-refractivity contribution is 8.24. The van der Waals surface area contributed by atoms with Gasteiger partial charge in [0.1, 0.15) is 0 Å². The lowest BCUT2D eigenvalue weighted by Crippen LogP contribution is -2.01. The van der Waals surface area contributed by atoms with E-state index in [9.17, 15) is 18.1 Å². The maximum atomic E-state index is 12.5. The summed E-state index contributed by atoms with van der Waals surface area (Å²) in [6, 6.07) is 3.00. The van der Waals surface area contributed by atoms with Gasteiger partial charge in [-0.2, -0.15) is 0 Å². The van der Waals surface area contributed by atoms with Gasteiger partial charge in [-0.15, -0.1) is 0 Å². The normalized spacial score (nSPS) is 10.3. The second kappa shape index (κ2) is 6.40. The average molecular weight is 311 g/mol. The molecule has 0 fully saturated rings. The highest BCUT2D eigenvalue weighted by Gasteiger charge is 2.12. The second-order valence-electron chi connectivity index (χ2n) is 2.31. The molecule has 9 heteroatoms. The molecule has 0 atom stereocenters. The van der Waals surface area contributed by atoms with Crippen LogP contribution in [0.3, 0.4) is 0 Å². The maximum absolute atomic E-state index is 12.5. The van der Waals surface area contributed by atoms with Crippen LogP contribution in [0.5, 0.6) is 0 Å².